The number of hydrogen-bond donors (Lipinski definition) is 1. The Labute approximate surface area is 228 Å². The minimum Gasteiger partial charge on any atom is -0.483 e. The lowest BCUT2D eigenvalue weighted by molar-refractivity contribution is -0.142. The molecule has 9 heteroatoms. The van der Waals surface area contributed by atoms with Gasteiger partial charge in [-0.2, -0.15) is 0 Å². The van der Waals surface area contributed by atoms with Crippen LogP contribution in [0, 0.1) is 0 Å². The summed E-state index contributed by atoms with van der Waals surface area (Å²) in [5.41, 5.74) is 1.59. The summed E-state index contributed by atoms with van der Waals surface area (Å²) < 4.78 is 6.40. The highest BCUT2D eigenvalue weighted by atomic mass is 79.9. The SMILES string of the molecule is CCNC(=O)[C@@H](Cc1ccccc1)N(Cc1ccc(Cl)cc1Cl)C(=O)COc1ccc(Cl)cc1Br. The third-order valence-corrected chi connectivity index (χ3v) is 6.66. The zero-order valence-corrected chi connectivity index (χ0v) is 22.8. The first-order valence-electron chi connectivity index (χ1n) is 10.9. The van der Waals surface area contributed by atoms with E-state index in [4.69, 9.17) is 39.5 Å². The maximum atomic E-state index is 13.5. The fraction of sp³-hybridized carbons (Fsp3) is 0.231. The number of hydrogen-bond acceptors (Lipinski definition) is 3. The fourth-order valence-corrected chi connectivity index (χ4v) is 4.76. The van der Waals surface area contributed by atoms with Crippen molar-refractivity contribution in [2.24, 2.45) is 0 Å². The molecule has 3 aromatic carbocycles. The number of carbonyl (C=O) groups excluding carboxylic acids is 2. The first-order valence-corrected chi connectivity index (χ1v) is 12.8. The molecule has 0 radical (unpaired) electrons. The van der Waals surface area contributed by atoms with E-state index in [0.29, 0.717) is 43.8 Å². The number of amides is 2. The highest BCUT2D eigenvalue weighted by Gasteiger charge is 2.31. The number of ether oxygens (including phenoxy) is 1. The van der Waals surface area contributed by atoms with Crippen molar-refractivity contribution in [2.45, 2.75) is 25.9 Å². The molecule has 0 saturated carbocycles. The van der Waals surface area contributed by atoms with Gasteiger partial charge < -0.3 is 15.0 Å². The molecule has 0 spiro atoms. The van der Waals surface area contributed by atoms with Crippen LogP contribution in [0.5, 0.6) is 5.75 Å². The first-order chi connectivity index (χ1) is 16.8. The van der Waals surface area contributed by atoms with Crippen LogP contribution in [0.1, 0.15) is 18.1 Å². The van der Waals surface area contributed by atoms with E-state index in [-0.39, 0.29) is 25.0 Å². The number of rotatable bonds is 10. The van der Waals surface area contributed by atoms with Crippen LogP contribution < -0.4 is 10.1 Å². The molecule has 184 valence electrons. The average molecular weight is 599 g/mol. The molecule has 1 atom stereocenters. The lowest BCUT2D eigenvalue weighted by atomic mass is 10.0. The number of halogens is 4. The molecule has 0 aliphatic heterocycles. The van der Waals surface area contributed by atoms with Gasteiger partial charge in [-0.05, 0) is 64.3 Å². The Bertz CT molecular complexity index is 1180. The van der Waals surface area contributed by atoms with E-state index in [1.807, 2.05) is 37.3 Å². The van der Waals surface area contributed by atoms with Crippen molar-refractivity contribution >= 4 is 62.5 Å². The van der Waals surface area contributed by atoms with Gasteiger partial charge in [0.05, 0.1) is 4.47 Å². The summed E-state index contributed by atoms with van der Waals surface area (Å²) in [7, 11) is 0. The maximum absolute atomic E-state index is 13.5. The Morgan fingerprint density at radius 3 is 2.34 bits per heavy atom. The molecule has 0 unspecified atom stereocenters. The third kappa shape index (κ3) is 7.87. The van der Waals surface area contributed by atoms with Crippen molar-refractivity contribution in [3.8, 4) is 5.75 Å². The van der Waals surface area contributed by atoms with Crippen LogP contribution in [0.4, 0.5) is 0 Å². The van der Waals surface area contributed by atoms with Crippen molar-refractivity contribution in [2.75, 3.05) is 13.2 Å². The molecule has 1 N–H and O–H groups in total. The third-order valence-electron chi connectivity index (χ3n) is 5.22. The molecule has 0 bridgehead atoms. The summed E-state index contributed by atoms with van der Waals surface area (Å²) in [6, 6.07) is 18.8. The highest BCUT2D eigenvalue weighted by Crippen LogP contribution is 2.28. The molecule has 0 aromatic heterocycles. The molecule has 0 heterocycles. The van der Waals surface area contributed by atoms with E-state index in [1.54, 1.807) is 36.4 Å². The van der Waals surface area contributed by atoms with Crippen molar-refractivity contribution in [1.29, 1.82) is 0 Å². The normalized spacial score (nSPS) is 11.6. The highest BCUT2D eigenvalue weighted by molar-refractivity contribution is 9.10. The van der Waals surface area contributed by atoms with Gasteiger partial charge in [-0.3, -0.25) is 9.59 Å². The number of nitrogens with one attached hydrogen (secondary N) is 1. The van der Waals surface area contributed by atoms with Crippen LogP contribution >= 0.6 is 50.7 Å². The van der Waals surface area contributed by atoms with Crippen LogP contribution in [0.25, 0.3) is 0 Å². The fourth-order valence-electron chi connectivity index (χ4n) is 3.49. The minimum absolute atomic E-state index is 0.106. The van der Waals surface area contributed by atoms with Crippen LogP contribution in [0.15, 0.2) is 71.2 Å². The molecule has 0 fully saturated rings. The predicted molar refractivity (Wildman–Crippen MR) is 144 cm³/mol. The van der Waals surface area contributed by atoms with Crippen molar-refractivity contribution in [1.82, 2.24) is 10.2 Å². The lowest BCUT2D eigenvalue weighted by Gasteiger charge is -2.31. The lowest BCUT2D eigenvalue weighted by Crippen LogP contribution is -2.51. The number of nitrogens with zero attached hydrogens (tertiary/aromatic N) is 1. The van der Waals surface area contributed by atoms with Gasteiger partial charge in [0, 0.05) is 34.6 Å². The second-order valence-electron chi connectivity index (χ2n) is 7.72. The van der Waals surface area contributed by atoms with Gasteiger partial charge >= 0.3 is 0 Å². The average Bonchev–Trinajstić information content (AvgIpc) is 2.82. The van der Waals surface area contributed by atoms with E-state index < -0.39 is 6.04 Å². The van der Waals surface area contributed by atoms with E-state index >= 15 is 0 Å². The predicted octanol–water partition coefficient (Wildman–Crippen LogP) is 6.56. The van der Waals surface area contributed by atoms with Gasteiger partial charge in [0.15, 0.2) is 6.61 Å². The van der Waals surface area contributed by atoms with E-state index in [1.165, 1.54) is 4.90 Å². The Morgan fingerprint density at radius 1 is 1.00 bits per heavy atom. The van der Waals surface area contributed by atoms with Crippen LogP contribution in [-0.4, -0.2) is 35.9 Å². The van der Waals surface area contributed by atoms with Crippen LogP contribution in [0.3, 0.4) is 0 Å². The molecular formula is C26H24BrCl3N2O3. The zero-order chi connectivity index (χ0) is 25.4. The van der Waals surface area contributed by atoms with Crippen molar-refractivity contribution < 1.29 is 14.3 Å². The van der Waals surface area contributed by atoms with Gasteiger partial charge in [-0.15, -0.1) is 0 Å². The first kappa shape index (κ1) is 27.3. The minimum atomic E-state index is -0.783. The Morgan fingerprint density at radius 2 is 1.69 bits per heavy atom. The van der Waals surface area contributed by atoms with Gasteiger partial charge in [0.25, 0.3) is 5.91 Å². The van der Waals surface area contributed by atoms with Gasteiger partial charge in [0.1, 0.15) is 11.8 Å². The van der Waals surface area contributed by atoms with Gasteiger partial charge in [-0.1, -0.05) is 71.2 Å². The van der Waals surface area contributed by atoms with E-state index in [0.717, 1.165) is 5.56 Å². The standard InChI is InChI=1S/C26H24BrCl3N2O3/c1-2-31-26(34)23(12-17-6-4-3-5-7-17)32(15-18-8-9-20(29)14-22(18)30)25(33)16-35-24-11-10-19(28)13-21(24)27/h3-11,13-14,23H,2,12,15-16H2,1H3,(H,31,34)/t23-/m1/s1. The molecule has 5 nitrogen and oxygen atoms in total. The van der Waals surface area contributed by atoms with Gasteiger partial charge in [0.2, 0.25) is 5.91 Å². The van der Waals surface area contributed by atoms with E-state index in [2.05, 4.69) is 21.2 Å². The summed E-state index contributed by atoms with van der Waals surface area (Å²) >= 11 is 21.9. The number of likely N-dealkylation sites (N-methyl/N-ethyl adjacent to an activating group) is 1. The molecule has 3 aromatic rings. The van der Waals surface area contributed by atoms with Gasteiger partial charge in [-0.25, -0.2) is 0 Å². The smallest absolute Gasteiger partial charge is 0.261 e. The largest absolute Gasteiger partial charge is 0.483 e. The Kier molecular flexibility index (Phi) is 10.3. The zero-order valence-electron chi connectivity index (χ0n) is 18.9. The van der Waals surface area contributed by atoms with Crippen molar-refractivity contribution in [3.05, 3.63) is 97.4 Å². The second-order valence-corrected chi connectivity index (χ2v) is 9.86. The van der Waals surface area contributed by atoms with Crippen LogP contribution in [-0.2, 0) is 22.6 Å². The molecule has 0 aliphatic rings. The second kappa shape index (κ2) is 13.2. The molecular weight excluding hydrogens is 575 g/mol. The number of benzene rings is 3. The molecule has 2 amide bonds. The van der Waals surface area contributed by atoms with Crippen LogP contribution in [0.2, 0.25) is 15.1 Å². The Balaban J connectivity index is 1.93. The topological polar surface area (TPSA) is 58.6 Å². The summed E-state index contributed by atoms with van der Waals surface area (Å²) in [5, 5.41) is 4.28. The summed E-state index contributed by atoms with van der Waals surface area (Å²) in [5.74, 6) is -0.169. The van der Waals surface area contributed by atoms with Crippen molar-refractivity contribution in [3.63, 3.8) is 0 Å². The summed E-state index contributed by atoms with van der Waals surface area (Å²) in [6.45, 7) is 2.09. The number of carbonyl (C=O) groups is 2. The summed E-state index contributed by atoms with van der Waals surface area (Å²) in [4.78, 5) is 28.2. The molecule has 0 aliphatic carbocycles. The Hall–Kier alpha value is -2.25. The summed E-state index contributed by atoms with van der Waals surface area (Å²) in [6.07, 6.45) is 0.328. The monoisotopic (exact) mass is 596 g/mol. The maximum Gasteiger partial charge on any atom is 0.261 e. The molecule has 0 saturated heterocycles. The quantitative estimate of drug-likeness (QED) is 0.288. The molecule has 3 rings (SSSR count). The molecule has 35 heavy (non-hydrogen) atoms. The van der Waals surface area contributed by atoms with E-state index in [9.17, 15) is 9.59 Å².